The van der Waals surface area contributed by atoms with Gasteiger partial charge in [-0.15, -0.1) is 0 Å². The quantitative estimate of drug-likeness (QED) is 0.431. The van der Waals surface area contributed by atoms with Crippen LogP contribution in [0.3, 0.4) is 0 Å². The summed E-state index contributed by atoms with van der Waals surface area (Å²) in [6, 6.07) is 0. The molecule has 0 saturated carbocycles. The number of carbonyl (C=O) groups excluding carboxylic acids is 2. The van der Waals surface area contributed by atoms with Crippen molar-refractivity contribution in [3.63, 3.8) is 0 Å². The maximum absolute atomic E-state index is 9.94. The van der Waals surface area contributed by atoms with E-state index in [9.17, 15) is 9.59 Å². The maximum atomic E-state index is 9.94. The van der Waals surface area contributed by atoms with E-state index < -0.39 is 0 Å². The Hall–Kier alpha value is -0.371. The van der Waals surface area contributed by atoms with E-state index in [-0.39, 0.29) is 0 Å². The van der Waals surface area contributed by atoms with E-state index in [0.29, 0.717) is 37.7 Å². The van der Waals surface area contributed by atoms with E-state index in [0.717, 1.165) is 11.5 Å². The van der Waals surface area contributed by atoms with Gasteiger partial charge in [0.1, 0.15) is 0 Å². The van der Waals surface area contributed by atoms with Gasteiger partial charge in [0.2, 0.25) is 0 Å². The number of nitrogens with zero attached hydrogens (tertiary/aromatic N) is 2. The fourth-order valence-electron chi connectivity index (χ4n) is 1.15. The molecule has 0 aromatic carbocycles. The monoisotopic (exact) mass is 278 g/mol. The Kier molecular flexibility index (Phi) is 5.84. The topological polar surface area (TPSA) is 58.9 Å². The van der Waals surface area contributed by atoms with Gasteiger partial charge in [-0.05, 0) is 0 Å². The molecule has 0 spiro atoms. The Morgan fingerprint density at radius 1 is 1.14 bits per heavy atom. The molecular weight excluding hydrogens is 267 g/mol. The average molecular weight is 277 g/mol. The Bertz CT molecular complexity index is 249. The van der Waals surface area contributed by atoms with Crippen molar-refractivity contribution in [2.24, 2.45) is 9.98 Å². The van der Waals surface area contributed by atoms with Crippen LogP contribution in [0.2, 0.25) is 9.63 Å². The number of rotatable bonds is 4. The Morgan fingerprint density at radius 2 is 1.64 bits per heavy atom. The van der Waals surface area contributed by atoms with Gasteiger partial charge < -0.3 is 0 Å². The summed E-state index contributed by atoms with van der Waals surface area (Å²) in [6.45, 7) is 1.16. The normalized spacial score (nSPS) is 26.0. The van der Waals surface area contributed by atoms with Gasteiger partial charge in [-0.3, -0.25) is 0 Å². The molecule has 1 heterocycles. The second kappa shape index (κ2) is 6.99. The van der Waals surface area contributed by atoms with Crippen LogP contribution in [0.4, 0.5) is 0 Å². The van der Waals surface area contributed by atoms with E-state index in [2.05, 4.69) is 9.98 Å². The molecular formula is C8H10N2O2SSe. The molecule has 0 amide bonds. The summed E-state index contributed by atoms with van der Waals surface area (Å²) in [6.07, 6.45) is 3.13. The third-order valence-electron chi connectivity index (χ3n) is 1.71. The second-order valence-corrected chi connectivity index (χ2v) is 7.22. The van der Waals surface area contributed by atoms with Gasteiger partial charge in [0, 0.05) is 0 Å². The fraction of sp³-hybridized carbons (Fsp3) is 0.750. The van der Waals surface area contributed by atoms with Crippen molar-refractivity contribution in [2.45, 2.75) is 9.63 Å². The summed E-state index contributed by atoms with van der Waals surface area (Å²) < 4.78 is 0. The van der Waals surface area contributed by atoms with E-state index in [1.807, 2.05) is 11.8 Å². The molecule has 0 aromatic heterocycles. The van der Waals surface area contributed by atoms with Crippen LogP contribution in [-0.4, -0.2) is 51.7 Å². The molecule has 6 heteroatoms. The van der Waals surface area contributed by atoms with Crippen LogP contribution in [0.5, 0.6) is 0 Å². The van der Waals surface area contributed by atoms with Gasteiger partial charge in [-0.1, -0.05) is 0 Å². The first kappa shape index (κ1) is 11.7. The van der Waals surface area contributed by atoms with Crippen molar-refractivity contribution in [1.82, 2.24) is 0 Å². The first-order chi connectivity index (χ1) is 6.86. The van der Waals surface area contributed by atoms with Crippen LogP contribution < -0.4 is 0 Å². The van der Waals surface area contributed by atoms with Crippen LogP contribution in [0.15, 0.2) is 9.98 Å². The van der Waals surface area contributed by atoms with Crippen LogP contribution in [-0.2, 0) is 9.59 Å². The molecule has 1 fully saturated rings. The van der Waals surface area contributed by atoms with E-state index in [1.54, 1.807) is 12.2 Å². The van der Waals surface area contributed by atoms with Crippen molar-refractivity contribution in [1.29, 1.82) is 0 Å². The fourth-order valence-corrected chi connectivity index (χ4v) is 6.20. The molecule has 1 saturated heterocycles. The number of hydrogen-bond acceptors (Lipinski definition) is 5. The third-order valence-corrected chi connectivity index (χ3v) is 6.88. The zero-order valence-corrected chi connectivity index (χ0v) is 10.0. The average Bonchev–Trinajstić information content (AvgIpc) is 2.24. The SMILES string of the molecule is O=C=NCC1CSCC(CN=C=O)[Se]1. The predicted octanol–water partition coefficient (Wildman–Crippen LogP) is 0.686. The summed E-state index contributed by atoms with van der Waals surface area (Å²) >= 11 is 2.27. The summed E-state index contributed by atoms with van der Waals surface area (Å²) in [5.41, 5.74) is 0. The van der Waals surface area contributed by atoms with Gasteiger partial charge in [0.15, 0.2) is 0 Å². The van der Waals surface area contributed by atoms with E-state index in [1.165, 1.54) is 0 Å². The molecule has 1 aliphatic heterocycles. The summed E-state index contributed by atoms with van der Waals surface area (Å²) in [7, 11) is 0. The molecule has 2 atom stereocenters. The number of aliphatic imine (C=N–C) groups is 2. The summed E-state index contributed by atoms with van der Waals surface area (Å²) in [5.74, 6) is 2.12. The van der Waals surface area contributed by atoms with Gasteiger partial charge in [0.25, 0.3) is 0 Å². The molecule has 14 heavy (non-hydrogen) atoms. The number of isocyanates is 2. The van der Waals surface area contributed by atoms with Crippen molar-refractivity contribution < 1.29 is 9.59 Å². The van der Waals surface area contributed by atoms with Crippen molar-refractivity contribution in [3.05, 3.63) is 0 Å². The zero-order chi connectivity index (χ0) is 10.2. The minimum absolute atomic E-state index is 0.423. The molecule has 0 bridgehead atoms. The van der Waals surface area contributed by atoms with Gasteiger partial charge in [0.05, 0.1) is 0 Å². The summed E-state index contributed by atoms with van der Waals surface area (Å²) in [4.78, 5) is 28.1. The molecule has 0 aliphatic carbocycles. The minimum atomic E-state index is 0.423. The first-order valence-electron chi connectivity index (χ1n) is 4.17. The van der Waals surface area contributed by atoms with Crippen LogP contribution >= 0.6 is 11.8 Å². The predicted molar refractivity (Wildman–Crippen MR) is 56.6 cm³/mol. The number of hydrogen-bond donors (Lipinski definition) is 0. The standard InChI is InChI=1S/C8H10N2O2SSe/c11-5-9-1-7-3-13-4-8(14-7)2-10-6-12/h7-8H,1-4H2. The Morgan fingerprint density at radius 3 is 2.07 bits per heavy atom. The first-order valence-corrected chi connectivity index (χ1v) is 7.30. The number of thioether (sulfide) groups is 1. The van der Waals surface area contributed by atoms with Crippen molar-refractivity contribution in [3.8, 4) is 0 Å². The molecule has 2 unspecified atom stereocenters. The van der Waals surface area contributed by atoms with Crippen molar-refractivity contribution in [2.75, 3.05) is 24.6 Å². The van der Waals surface area contributed by atoms with Crippen LogP contribution in [0.25, 0.3) is 0 Å². The third kappa shape index (κ3) is 4.23. The molecule has 0 radical (unpaired) electrons. The molecule has 0 N–H and O–H groups in total. The van der Waals surface area contributed by atoms with Gasteiger partial charge in [-0.25, -0.2) is 0 Å². The molecule has 1 aliphatic rings. The van der Waals surface area contributed by atoms with E-state index >= 15 is 0 Å². The molecule has 76 valence electrons. The Labute approximate surface area is 92.8 Å². The second-order valence-electron chi connectivity index (χ2n) is 2.78. The van der Waals surface area contributed by atoms with Gasteiger partial charge in [-0.2, -0.15) is 0 Å². The Balaban J connectivity index is 2.34. The molecule has 4 nitrogen and oxygen atoms in total. The van der Waals surface area contributed by atoms with Gasteiger partial charge >= 0.3 is 92.7 Å². The molecule has 1 rings (SSSR count). The molecule has 0 aromatic rings. The van der Waals surface area contributed by atoms with E-state index in [4.69, 9.17) is 0 Å². The van der Waals surface area contributed by atoms with Crippen LogP contribution in [0.1, 0.15) is 0 Å². The zero-order valence-electron chi connectivity index (χ0n) is 7.51. The van der Waals surface area contributed by atoms with Crippen LogP contribution in [0, 0.1) is 0 Å². The van der Waals surface area contributed by atoms with Crippen molar-refractivity contribution >= 4 is 38.9 Å². The summed E-state index contributed by atoms with van der Waals surface area (Å²) in [5, 5.41) is 0.